The quantitative estimate of drug-likeness (QED) is 0.625. The molecule has 0 aromatic heterocycles. The average molecular weight is 331 g/mol. The summed E-state index contributed by atoms with van der Waals surface area (Å²) in [6.45, 7) is 1.16. The molecule has 1 aliphatic rings. The Labute approximate surface area is 119 Å². The van der Waals surface area contributed by atoms with Crippen molar-refractivity contribution in [2.24, 2.45) is 0 Å². The number of halogens is 1. The Morgan fingerprint density at radius 1 is 1.32 bits per heavy atom. The van der Waals surface area contributed by atoms with Crippen LogP contribution in [0, 0.1) is 10.1 Å². The first kappa shape index (κ1) is 14.2. The molecule has 0 N–H and O–H groups in total. The SMILES string of the molecule is COC1CN(c2ccc(Br)cc2[N+](=O)[O-])CC1OC. The fourth-order valence-electron chi connectivity index (χ4n) is 2.30. The van der Waals surface area contributed by atoms with E-state index in [4.69, 9.17) is 9.47 Å². The van der Waals surface area contributed by atoms with E-state index < -0.39 is 0 Å². The van der Waals surface area contributed by atoms with Gasteiger partial charge in [-0.2, -0.15) is 0 Å². The normalized spacial score (nSPS) is 22.8. The largest absolute Gasteiger partial charge is 0.377 e. The molecule has 1 saturated heterocycles. The highest BCUT2D eigenvalue weighted by Crippen LogP contribution is 2.34. The van der Waals surface area contributed by atoms with Crippen molar-refractivity contribution in [2.75, 3.05) is 32.2 Å². The van der Waals surface area contributed by atoms with Crippen LogP contribution in [0.2, 0.25) is 0 Å². The van der Waals surface area contributed by atoms with Gasteiger partial charge in [0, 0.05) is 37.8 Å². The molecule has 2 unspecified atom stereocenters. The van der Waals surface area contributed by atoms with Crippen LogP contribution in [0.4, 0.5) is 11.4 Å². The zero-order valence-electron chi connectivity index (χ0n) is 10.7. The lowest BCUT2D eigenvalue weighted by atomic mass is 10.2. The van der Waals surface area contributed by atoms with Gasteiger partial charge in [-0.05, 0) is 12.1 Å². The summed E-state index contributed by atoms with van der Waals surface area (Å²) in [4.78, 5) is 12.7. The maximum Gasteiger partial charge on any atom is 0.293 e. The third-order valence-electron chi connectivity index (χ3n) is 3.30. The number of nitrogens with zero attached hydrogens (tertiary/aromatic N) is 2. The smallest absolute Gasteiger partial charge is 0.293 e. The summed E-state index contributed by atoms with van der Waals surface area (Å²) >= 11 is 3.25. The molecular formula is C12H15BrN2O4. The minimum absolute atomic E-state index is 0.0757. The van der Waals surface area contributed by atoms with Crippen molar-refractivity contribution in [1.82, 2.24) is 0 Å². The molecule has 1 fully saturated rings. The van der Waals surface area contributed by atoms with Crippen molar-refractivity contribution in [1.29, 1.82) is 0 Å². The maximum absolute atomic E-state index is 11.1. The van der Waals surface area contributed by atoms with Crippen LogP contribution in [0.15, 0.2) is 22.7 Å². The summed E-state index contributed by atoms with van der Waals surface area (Å²) in [5.74, 6) is 0. The Bertz CT molecular complexity index is 471. The lowest BCUT2D eigenvalue weighted by molar-refractivity contribution is -0.384. The summed E-state index contributed by atoms with van der Waals surface area (Å²) in [6.07, 6.45) is -0.151. The Hall–Kier alpha value is -1.18. The van der Waals surface area contributed by atoms with Crippen LogP contribution in [-0.2, 0) is 9.47 Å². The topological polar surface area (TPSA) is 64.8 Å². The summed E-state index contributed by atoms with van der Waals surface area (Å²) in [5.41, 5.74) is 0.677. The fourth-order valence-corrected chi connectivity index (χ4v) is 2.65. The number of methoxy groups -OCH3 is 2. The molecule has 0 bridgehead atoms. The molecule has 104 valence electrons. The van der Waals surface area contributed by atoms with Gasteiger partial charge in [0.2, 0.25) is 0 Å². The third kappa shape index (κ3) is 2.88. The summed E-state index contributed by atoms with van der Waals surface area (Å²) in [5, 5.41) is 11.1. The summed E-state index contributed by atoms with van der Waals surface area (Å²) in [6, 6.07) is 5.05. The molecule has 2 atom stereocenters. The van der Waals surface area contributed by atoms with Crippen LogP contribution in [0.3, 0.4) is 0 Å². The standard InChI is InChI=1S/C12H15BrN2O4/c1-18-11-6-14(7-12(11)19-2)9-4-3-8(13)5-10(9)15(16)17/h3-5,11-12H,6-7H2,1-2H3. The Kier molecular flexibility index (Phi) is 4.38. The van der Waals surface area contributed by atoms with Gasteiger partial charge in [-0.25, -0.2) is 0 Å². The van der Waals surface area contributed by atoms with Crippen molar-refractivity contribution in [3.05, 3.63) is 32.8 Å². The van der Waals surface area contributed by atoms with Gasteiger partial charge in [0.15, 0.2) is 0 Å². The van der Waals surface area contributed by atoms with Crippen LogP contribution >= 0.6 is 15.9 Å². The highest BCUT2D eigenvalue weighted by atomic mass is 79.9. The van der Waals surface area contributed by atoms with E-state index in [0.717, 1.165) is 0 Å². The van der Waals surface area contributed by atoms with Gasteiger partial charge in [-0.1, -0.05) is 15.9 Å². The number of ether oxygens (including phenoxy) is 2. The van der Waals surface area contributed by atoms with Crippen molar-refractivity contribution in [3.63, 3.8) is 0 Å². The molecular weight excluding hydrogens is 316 g/mol. The first-order chi connectivity index (χ1) is 9.06. The monoisotopic (exact) mass is 330 g/mol. The van der Waals surface area contributed by atoms with Gasteiger partial charge < -0.3 is 14.4 Å². The van der Waals surface area contributed by atoms with Crippen molar-refractivity contribution in [3.8, 4) is 0 Å². The molecule has 7 heteroatoms. The first-order valence-electron chi connectivity index (χ1n) is 5.81. The van der Waals surface area contributed by atoms with E-state index in [-0.39, 0.29) is 22.8 Å². The zero-order chi connectivity index (χ0) is 14.0. The number of anilines is 1. The van der Waals surface area contributed by atoms with E-state index in [2.05, 4.69) is 15.9 Å². The van der Waals surface area contributed by atoms with E-state index in [9.17, 15) is 10.1 Å². The maximum atomic E-state index is 11.1. The van der Waals surface area contributed by atoms with Crippen LogP contribution in [-0.4, -0.2) is 44.4 Å². The lowest BCUT2D eigenvalue weighted by Gasteiger charge is -2.17. The minimum atomic E-state index is -0.373. The molecule has 1 aliphatic heterocycles. The second kappa shape index (κ2) is 5.85. The number of nitro benzene ring substituents is 1. The fraction of sp³-hybridized carbons (Fsp3) is 0.500. The second-order valence-corrected chi connectivity index (χ2v) is 5.26. The van der Waals surface area contributed by atoms with Crippen molar-refractivity contribution >= 4 is 27.3 Å². The summed E-state index contributed by atoms with van der Waals surface area (Å²) in [7, 11) is 3.24. The van der Waals surface area contributed by atoms with Gasteiger partial charge in [0.1, 0.15) is 17.9 Å². The average Bonchev–Trinajstić information content (AvgIpc) is 2.81. The Morgan fingerprint density at radius 3 is 2.37 bits per heavy atom. The molecule has 1 heterocycles. The summed E-state index contributed by atoms with van der Waals surface area (Å²) < 4.78 is 11.4. The number of nitro groups is 1. The van der Waals surface area contributed by atoms with E-state index in [1.807, 2.05) is 4.90 Å². The third-order valence-corrected chi connectivity index (χ3v) is 3.79. The van der Waals surface area contributed by atoms with Crippen LogP contribution < -0.4 is 4.90 Å². The second-order valence-electron chi connectivity index (χ2n) is 4.34. The van der Waals surface area contributed by atoms with Crippen LogP contribution in [0.25, 0.3) is 0 Å². The van der Waals surface area contributed by atoms with Gasteiger partial charge in [0.25, 0.3) is 5.69 Å². The zero-order valence-corrected chi connectivity index (χ0v) is 12.3. The van der Waals surface area contributed by atoms with Gasteiger partial charge in [-0.15, -0.1) is 0 Å². The van der Waals surface area contributed by atoms with Crippen molar-refractivity contribution < 1.29 is 14.4 Å². The Balaban J connectivity index is 2.30. The molecule has 0 aliphatic carbocycles. The number of benzene rings is 1. The molecule has 6 nitrogen and oxygen atoms in total. The Morgan fingerprint density at radius 2 is 1.89 bits per heavy atom. The van der Waals surface area contributed by atoms with E-state index in [1.165, 1.54) is 6.07 Å². The van der Waals surface area contributed by atoms with Crippen molar-refractivity contribution in [2.45, 2.75) is 12.2 Å². The highest BCUT2D eigenvalue weighted by molar-refractivity contribution is 9.10. The van der Waals surface area contributed by atoms with Gasteiger partial charge >= 0.3 is 0 Å². The lowest BCUT2D eigenvalue weighted by Crippen LogP contribution is -2.27. The molecule has 0 amide bonds. The first-order valence-corrected chi connectivity index (χ1v) is 6.60. The minimum Gasteiger partial charge on any atom is -0.377 e. The molecule has 1 aromatic carbocycles. The van der Waals surface area contributed by atoms with Gasteiger partial charge in [0.05, 0.1) is 4.92 Å². The molecule has 19 heavy (non-hydrogen) atoms. The number of hydrogen-bond donors (Lipinski definition) is 0. The molecule has 2 rings (SSSR count). The highest BCUT2D eigenvalue weighted by Gasteiger charge is 2.35. The molecule has 0 saturated carbocycles. The van der Waals surface area contributed by atoms with Crippen LogP contribution in [0.5, 0.6) is 0 Å². The van der Waals surface area contributed by atoms with Gasteiger partial charge in [-0.3, -0.25) is 10.1 Å². The number of hydrogen-bond acceptors (Lipinski definition) is 5. The predicted octanol–water partition coefficient (Wildman–Crippen LogP) is 2.21. The van der Waals surface area contributed by atoms with E-state index in [0.29, 0.717) is 23.2 Å². The number of rotatable bonds is 4. The molecule has 0 spiro atoms. The molecule has 0 radical (unpaired) electrons. The predicted molar refractivity (Wildman–Crippen MR) is 74.6 cm³/mol. The van der Waals surface area contributed by atoms with E-state index >= 15 is 0 Å². The molecule has 1 aromatic rings. The van der Waals surface area contributed by atoms with Crippen LogP contribution in [0.1, 0.15) is 0 Å². The van der Waals surface area contributed by atoms with E-state index in [1.54, 1.807) is 26.4 Å².